The molecule has 2 aromatic heterocycles. The van der Waals surface area contributed by atoms with Gasteiger partial charge in [0.15, 0.2) is 5.65 Å². The van der Waals surface area contributed by atoms with Gasteiger partial charge in [-0.2, -0.15) is 0 Å². The Hall–Kier alpha value is -3.01. The first kappa shape index (κ1) is 20.9. The van der Waals surface area contributed by atoms with Crippen LogP contribution in [-0.4, -0.2) is 30.7 Å². The molecule has 1 amide bonds. The van der Waals surface area contributed by atoms with Crippen LogP contribution in [0.2, 0.25) is 0 Å². The molecule has 2 saturated carbocycles. The van der Waals surface area contributed by atoms with E-state index in [-0.39, 0.29) is 23.3 Å². The van der Waals surface area contributed by atoms with Crippen molar-refractivity contribution in [1.29, 1.82) is 0 Å². The molecule has 2 heterocycles. The van der Waals surface area contributed by atoms with Crippen molar-refractivity contribution in [3.05, 3.63) is 56.2 Å². The quantitative estimate of drug-likeness (QED) is 0.436. The SMILES string of the molecule is Cc1ccc(NC(=O)C(C)Sc2nc(C3CC3)nc3c2c(=O)[nH]c(=O)n3C2CC2)cc1F. The number of fused-ring (bicyclic) bond motifs is 1. The molecule has 0 spiro atoms. The van der Waals surface area contributed by atoms with E-state index < -0.39 is 22.3 Å². The Balaban J connectivity index is 1.51. The minimum absolute atomic E-state index is 0.0267. The molecule has 0 saturated heterocycles. The van der Waals surface area contributed by atoms with Gasteiger partial charge < -0.3 is 5.32 Å². The summed E-state index contributed by atoms with van der Waals surface area (Å²) < 4.78 is 15.4. The lowest BCUT2D eigenvalue weighted by molar-refractivity contribution is -0.115. The molecular formula is C22H22FN5O3S. The summed E-state index contributed by atoms with van der Waals surface area (Å²) in [6, 6.07) is 4.53. The van der Waals surface area contributed by atoms with Crippen molar-refractivity contribution in [2.75, 3.05) is 5.32 Å². The molecule has 1 atom stereocenters. The number of H-pyrrole nitrogens is 1. The molecule has 0 bridgehead atoms. The van der Waals surface area contributed by atoms with Crippen LogP contribution >= 0.6 is 11.8 Å². The Morgan fingerprint density at radius 3 is 2.66 bits per heavy atom. The minimum atomic E-state index is -0.620. The summed E-state index contributed by atoms with van der Waals surface area (Å²) >= 11 is 1.14. The number of carbonyl (C=O) groups is 1. The number of carbonyl (C=O) groups excluding carboxylic acids is 1. The average molecular weight is 456 g/mol. The zero-order chi connectivity index (χ0) is 22.6. The largest absolute Gasteiger partial charge is 0.330 e. The molecule has 1 aromatic carbocycles. The number of benzene rings is 1. The van der Waals surface area contributed by atoms with E-state index in [0.717, 1.165) is 37.4 Å². The number of hydrogen-bond donors (Lipinski definition) is 2. The highest BCUT2D eigenvalue weighted by molar-refractivity contribution is 8.00. The smallest absolute Gasteiger partial charge is 0.325 e. The maximum atomic E-state index is 13.8. The van der Waals surface area contributed by atoms with Gasteiger partial charge in [0.2, 0.25) is 5.91 Å². The van der Waals surface area contributed by atoms with Gasteiger partial charge in [-0.3, -0.25) is 19.1 Å². The summed E-state index contributed by atoms with van der Waals surface area (Å²) in [5, 5.41) is 2.70. The second kappa shape index (κ2) is 7.84. The van der Waals surface area contributed by atoms with Gasteiger partial charge in [0.25, 0.3) is 5.56 Å². The van der Waals surface area contributed by atoms with Gasteiger partial charge >= 0.3 is 5.69 Å². The van der Waals surface area contributed by atoms with Crippen molar-refractivity contribution in [1.82, 2.24) is 19.5 Å². The Kier molecular flexibility index (Phi) is 5.11. The molecule has 8 nitrogen and oxygen atoms in total. The van der Waals surface area contributed by atoms with Crippen molar-refractivity contribution in [2.45, 2.75) is 61.8 Å². The van der Waals surface area contributed by atoms with Crippen LogP contribution in [-0.2, 0) is 4.79 Å². The molecular weight excluding hydrogens is 433 g/mol. The molecule has 0 radical (unpaired) electrons. The van der Waals surface area contributed by atoms with E-state index in [1.165, 1.54) is 6.07 Å². The number of rotatable bonds is 6. The maximum Gasteiger partial charge on any atom is 0.330 e. The average Bonchev–Trinajstić information content (AvgIpc) is 3.63. The fourth-order valence-corrected chi connectivity index (χ4v) is 4.50. The van der Waals surface area contributed by atoms with E-state index in [1.54, 1.807) is 30.5 Å². The van der Waals surface area contributed by atoms with Gasteiger partial charge in [0.1, 0.15) is 22.1 Å². The second-order valence-corrected chi connectivity index (χ2v) is 9.76. The topological polar surface area (TPSA) is 110 Å². The van der Waals surface area contributed by atoms with E-state index in [1.807, 2.05) is 0 Å². The van der Waals surface area contributed by atoms with Crippen LogP contribution in [0.25, 0.3) is 11.0 Å². The summed E-state index contributed by atoms with van der Waals surface area (Å²) in [4.78, 5) is 49.5. The van der Waals surface area contributed by atoms with Gasteiger partial charge in [-0.1, -0.05) is 17.8 Å². The molecule has 2 aliphatic carbocycles. The predicted octanol–water partition coefficient (Wildman–Crippen LogP) is 3.26. The Labute approximate surface area is 186 Å². The van der Waals surface area contributed by atoms with Crippen molar-refractivity contribution in [2.24, 2.45) is 0 Å². The van der Waals surface area contributed by atoms with E-state index in [2.05, 4.69) is 20.3 Å². The highest BCUT2D eigenvalue weighted by Gasteiger charge is 2.33. The molecule has 10 heteroatoms. The monoisotopic (exact) mass is 455 g/mol. The van der Waals surface area contributed by atoms with Crippen molar-refractivity contribution in [3.63, 3.8) is 0 Å². The fraction of sp³-hybridized carbons (Fsp3) is 0.409. The van der Waals surface area contributed by atoms with E-state index in [9.17, 15) is 18.8 Å². The third-order valence-corrected chi connectivity index (χ3v) is 6.81. The van der Waals surface area contributed by atoms with Crippen LogP contribution in [0.4, 0.5) is 10.1 Å². The van der Waals surface area contributed by atoms with Gasteiger partial charge in [-0.15, -0.1) is 0 Å². The van der Waals surface area contributed by atoms with Crippen LogP contribution in [0, 0.1) is 12.7 Å². The number of nitrogens with one attached hydrogen (secondary N) is 2. The van der Waals surface area contributed by atoms with E-state index >= 15 is 0 Å². The van der Waals surface area contributed by atoms with Crippen LogP contribution in [0.1, 0.15) is 56.0 Å². The normalized spacial score (nSPS) is 16.8. The molecule has 5 rings (SSSR count). The number of amides is 1. The Bertz CT molecular complexity index is 1360. The number of thioether (sulfide) groups is 1. The standard InChI is InChI=1S/C22H22FN5O3S/c1-10-3-6-13(9-15(10)23)24-19(29)11(2)32-21-16-18(25-17(26-21)12-4-5-12)28(14-7-8-14)22(31)27-20(16)30/h3,6,9,11-12,14H,4-5,7-8H2,1-2H3,(H,24,29)(H,27,30,31). The molecule has 2 fully saturated rings. The van der Waals surface area contributed by atoms with Crippen LogP contribution in [0.5, 0.6) is 0 Å². The summed E-state index contributed by atoms with van der Waals surface area (Å²) in [6.45, 7) is 3.34. The molecule has 32 heavy (non-hydrogen) atoms. The number of aromatic amines is 1. The third kappa shape index (κ3) is 3.94. The molecule has 2 N–H and O–H groups in total. The van der Waals surface area contributed by atoms with Crippen LogP contribution in [0.3, 0.4) is 0 Å². The number of aromatic nitrogens is 4. The highest BCUT2D eigenvalue weighted by Crippen LogP contribution is 2.41. The molecule has 166 valence electrons. The highest BCUT2D eigenvalue weighted by atomic mass is 32.2. The Morgan fingerprint density at radius 2 is 2.00 bits per heavy atom. The first-order valence-corrected chi connectivity index (χ1v) is 11.5. The number of hydrogen-bond acceptors (Lipinski definition) is 6. The van der Waals surface area contributed by atoms with Crippen molar-refractivity contribution in [3.8, 4) is 0 Å². The molecule has 1 unspecified atom stereocenters. The summed E-state index contributed by atoms with van der Waals surface area (Å²) in [5.41, 5.74) is 0.172. The lowest BCUT2D eigenvalue weighted by Gasteiger charge is -2.15. The summed E-state index contributed by atoms with van der Waals surface area (Å²) in [5.74, 6) is 0.0709. The van der Waals surface area contributed by atoms with E-state index in [0.29, 0.717) is 27.7 Å². The minimum Gasteiger partial charge on any atom is -0.325 e. The lowest BCUT2D eigenvalue weighted by atomic mass is 10.2. The van der Waals surface area contributed by atoms with E-state index in [4.69, 9.17) is 0 Å². The molecule has 3 aromatic rings. The molecule has 0 aliphatic heterocycles. The van der Waals surface area contributed by atoms with Gasteiger partial charge in [0, 0.05) is 17.6 Å². The summed E-state index contributed by atoms with van der Waals surface area (Å²) in [6.07, 6.45) is 3.64. The summed E-state index contributed by atoms with van der Waals surface area (Å²) in [7, 11) is 0. The zero-order valence-electron chi connectivity index (χ0n) is 17.6. The van der Waals surface area contributed by atoms with Crippen molar-refractivity contribution < 1.29 is 9.18 Å². The number of halogens is 1. The first-order chi connectivity index (χ1) is 15.3. The second-order valence-electron chi connectivity index (χ2n) is 8.43. The molecule has 2 aliphatic rings. The number of aryl methyl sites for hydroxylation is 1. The predicted molar refractivity (Wildman–Crippen MR) is 120 cm³/mol. The fourth-order valence-electron chi connectivity index (χ4n) is 3.55. The first-order valence-electron chi connectivity index (χ1n) is 10.6. The lowest BCUT2D eigenvalue weighted by Crippen LogP contribution is -2.31. The zero-order valence-corrected chi connectivity index (χ0v) is 18.5. The Morgan fingerprint density at radius 1 is 1.25 bits per heavy atom. The van der Waals surface area contributed by atoms with Gasteiger partial charge in [0.05, 0.1) is 5.25 Å². The third-order valence-electron chi connectivity index (χ3n) is 5.72. The van der Waals surface area contributed by atoms with Crippen LogP contribution in [0.15, 0.2) is 32.8 Å². The number of nitrogens with zero attached hydrogens (tertiary/aromatic N) is 3. The maximum absolute atomic E-state index is 13.8. The van der Waals surface area contributed by atoms with Gasteiger partial charge in [-0.25, -0.2) is 19.2 Å². The number of anilines is 1. The van der Waals surface area contributed by atoms with Crippen molar-refractivity contribution >= 4 is 34.4 Å². The van der Waals surface area contributed by atoms with Crippen LogP contribution < -0.4 is 16.6 Å². The van der Waals surface area contributed by atoms with Gasteiger partial charge in [-0.05, 0) is 57.2 Å².